The summed E-state index contributed by atoms with van der Waals surface area (Å²) in [4.78, 5) is 17.3. The minimum absolute atomic E-state index is 0.103. The van der Waals surface area contributed by atoms with Crippen molar-refractivity contribution < 1.29 is 26.5 Å². The van der Waals surface area contributed by atoms with Crippen LogP contribution in [0.2, 0.25) is 0 Å². The predicted octanol–water partition coefficient (Wildman–Crippen LogP) is 0.235. The molecule has 0 rings (SSSR count). The summed E-state index contributed by atoms with van der Waals surface area (Å²) >= 11 is 0. The van der Waals surface area contributed by atoms with Gasteiger partial charge in [0.05, 0.1) is 11.5 Å². The van der Waals surface area contributed by atoms with Gasteiger partial charge in [-0.25, -0.2) is 16.8 Å². The summed E-state index contributed by atoms with van der Waals surface area (Å²) < 4.78 is 44.4. The monoisotopic (exact) mass is 315 g/mol. The Kier molecular flexibility index (Phi) is 7.53. The molecule has 0 aliphatic heterocycles. The highest BCUT2D eigenvalue weighted by atomic mass is 32.2. The van der Waals surface area contributed by atoms with Crippen LogP contribution in [0.25, 0.3) is 0 Å². The summed E-state index contributed by atoms with van der Waals surface area (Å²) in [6, 6.07) is 0. The third-order valence-corrected chi connectivity index (χ3v) is 4.28. The Morgan fingerprint density at radius 2 is 1.74 bits per heavy atom. The fourth-order valence-corrected chi connectivity index (χ4v) is 2.83. The molecule has 7 nitrogen and oxygen atoms in total. The molecule has 0 fully saturated rings. The Bertz CT molecular complexity index is 480. The molecule has 0 bridgehead atoms. The van der Waals surface area contributed by atoms with Crippen molar-refractivity contribution >= 4 is 25.8 Å². The lowest BCUT2D eigenvalue weighted by molar-refractivity contribution is -0.147. The fourth-order valence-electron chi connectivity index (χ4n) is 1.07. The van der Waals surface area contributed by atoms with Crippen molar-refractivity contribution in [3.05, 3.63) is 0 Å². The van der Waals surface area contributed by atoms with Gasteiger partial charge in [0.15, 0.2) is 0 Å². The zero-order valence-electron chi connectivity index (χ0n) is 11.4. The first kappa shape index (κ1) is 18.3. The van der Waals surface area contributed by atoms with Crippen molar-refractivity contribution in [2.75, 3.05) is 17.8 Å². The van der Waals surface area contributed by atoms with E-state index in [0.717, 1.165) is 6.26 Å². The van der Waals surface area contributed by atoms with E-state index in [1.807, 2.05) is 13.8 Å². The average Bonchev–Trinajstić information content (AvgIpc) is 2.22. The predicted molar refractivity (Wildman–Crippen MR) is 71.4 cm³/mol. The molecular formula is C10H21NO6S2. The molecule has 0 unspecified atom stereocenters. The van der Waals surface area contributed by atoms with Gasteiger partial charge in [0.25, 0.3) is 0 Å². The van der Waals surface area contributed by atoms with Crippen LogP contribution in [0.15, 0.2) is 0 Å². The van der Waals surface area contributed by atoms with Crippen LogP contribution in [-0.4, -0.2) is 40.6 Å². The summed E-state index contributed by atoms with van der Waals surface area (Å²) in [5.41, 5.74) is 0. The van der Waals surface area contributed by atoms with Gasteiger partial charge in [0.1, 0.15) is 9.84 Å². The summed E-state index contributed by atoms with van der Waals surface area (Å²) in [5, 5.41) is 0. The molecule has 0 radical (unpaired) electrons. The molecule has 9 heteroatoms. The molecule has 0 amide bonds. The van der Waals surface area contributed by atoms with E-state index in [1.54, 1.807) is 4.89 Å². The fraction of sp³-hybridized carbons (Fsp3) is 0.900. The van der Waals surface area contributed by atoms with Gasteiger partial charge in [0.2, 0.25) is 10.0 Å². The zero-order chi connectivity index (χ0) is 15.1. The van der Waals surface area contributed by atoms with E-state index in [0.29, 0.717) is 6.42 Å². The molecule has 0 saturated heterocycles. The first-order valence-electron chi connectivity index (χ1n) is 5.89. The van der Waals surface area contributed by atoms with Crippen LogP contribution in [0.4, 0.5) is 0 Å². The van der Waals surface area contributed by atoms with Gasteiger partial charge in [-0.2, -0.15) is 0 Å². The Labute approximate surface area is 114 Å². The first-order chi connectivity index (χ1) is 8.52. The van der Waals surface area contributed by atoms with E-state index in [2.05, 4.69) is 4.84 Å². The lowest BCUT2D eigenvalue weighted by Crippen LogP contribution is -2.30. The van der Waals surface area contributed by atoms with Crippen LogP contribution in [0.1, 0.15) is 33.1 Å². The van der Waals surface area contributed by atoms with E-state index in [1.165, 1.54) is 0 Å². The summed E-state index contributed by atoms with van der Waals surface area (Å²) in [7, 11) is -6.76. The number of rotatable bonds is 9. The maximum Gasteiger partial charge on any atom is 0.326 e. The van der Waals surface area contributed by atoms with Gasteiger partial charge in [-0.15, -0.1) is 0 Å². The number of nitrogens with one attached hydrogen (secondary N) is 1. The van der Waals surface area contributed by atoms with Crippen molar-refractivity contribution in [3.8, 4) is 0 Å². The summed E-state index contributed by atoms with van der Waals surface area (Å²) in [6.07, 6.45) is 1.47. The maximum absolute atomic E-state index is 11.4. The van der Waals surface area contributed by atoms with E-state index >= 15 is 0 Å². The largest absolute Gasteiger partial charge is 0.356 e. The number of sulfonamides is 1. The van der Waals surface area contributed by atoms with Crippen LogP contribution in [-0.2, 0) is 29.5 Å². The highest BCUT2D eigenvalue weighted by Crippen LogP contribution is 2.02. The molecule has 0 aromatic heterocycles. The number of carbonyl (C=O) groups excluding carboxylic acids is 1. The molecule has 19 heavy (non-hydrogen) atoms. The number of sulfone groups is 1. The molecule has 0 heterocycles. The Morgan fingerprint density at radius 3 is 2.21 bits per heavy atom. The average molecular weight is 315 g/mol. The van der Waals surface area contributed by atoms with E-state index < -0.39 is 25.8 Å². The molecule has 0 aromatic rings. The second kappa shape index (κ2) is 7.81. The summed E-state index contributed by atoms with van der Waals surface area (Å²) in [5.74, 6) is -0.831. The second-order valence-corrected chi connectivity index (χ2v) is 8.86. The highest BCUT2D eigenvalue weighted by Gasteiger charge is 2.14. The maximum atomic E-state index is 11.4. The minimum atomic E-state index is -3.64. The highest BCUT2D eigenvalue weighted by molar-refractivity contribution is 7.90. The van der Waals surface area contributed by atoms with Crippen molar-refractivity contribution in [2.24, 2.45) is 5.92 Å². The molecule has 0 spiro atoms. The van der Waals surface area contributed by atoms with Gasteiger partial charge in [-0.05, 0) is 23.6 Å². The van der Waals surface area contributed by atoms with Gasteiger partial charge >= 0.3 is 5.97 Å². The smallest absolute Gasteiger partial charge is 0.326 e. The third-order valence-electron chi connectivity index (χ3n) is 2.14. The van der Waals surface area contributed by atoms with Gasteiger partial charge in [-0.3, -0.25) is 4.79 Å². The molecule has 0 atom stereocenters. The first-order valence-corrected chi connectivity index (χ1v) is 9.60. The molecule has 114 valence electrons. The molecule has 0 aliphatic carbocycles. The minimum Gasteiger partial charge on any atom is -0.356 e. The van der Waals surface area contributed by atoms with Crippen LogP contribution >= 0.6 is 0 Å². The van der Waals surface area contributed by atoms with Crippen molar-refractivity contribution in [1.29, 1.82) is 0 Å². The van der Waals surface area contributed by atoms with Crippen LogP contribution in [0.3, 0.4) is 0 Å². The van der Waals surface area contributed by atoms with E-state index in [4.69, 9.17) is 0 Å². The summed E-state index contributed by atoms with van der Waals surface area (Å²) in [6.45, 7) is 3.76. The van der Waals surface area contributed by atoms with Crippen LogP contribution < -0.4 is 4.89 Å². The lowest BCUT2D eigenvalue weighted by Gasteiger charge is -2.08. The van der Waals surface area contributed by atoms with Crippen molar-refractivity contribution in [2.45, 2.75) is 33.1 Å². The SMILES string of the molecule is CC(C)CCS(=O)(=O)NOC(=O)CCCS(C)(=O)=O. The standard InChI is InChI=1S/C10H21NO6S2/c1-9(2)6-8-19(15,16)11-17-10(12)5-4-7-18(3,13)14/h9,11H,4-8H2,1-3H3. The second-order valence-electron chi connectivity index (χ2n) is 4.79. The molecule has 1 N–H and O–H groups in total. The molecule has 0 aromatic carbocycles. The zero-order valence-corrected chi connectivity index (χ0v) is 13.0. The molecule has 0 saturated carbocycles. The lowest BCUT2D eigenvalue weighted by atomic mass is 10.2. The van der Waals surface area contributed by atoms with Gasteiger partial charge in [0, 0.05) is 12.7 Å². The van der Waals surface area contributed by atoms with E-state index in [9.17, 15) is 21.6 Å². The molecule has 0 aliphatic rings. The quantitative estimate of drug-likeness (QED) is 0.611. The van der Waals surface area contributed by atoms with Crippen molar-refractivity contribution in [1.82, 2.24) is 4.89 Å². The number of hydrogen-bond acceptors (Lipinski definition) is 6. The topological polar surface area (TPSA) is 107 Å². The van der Waals surface area contributed by atoms with Crippen molar-refractivity contribution in [3.63, 3.8) is 0 Å². The van der Waals surface area contributed by atoms with Gasteiger partial charge < -0.3 is 4.84 Å². The van der Waals surface area contributed by atoms with Crippen LogP contribution in [0.5, 0.6) is 0 Å². The Balaban J connectivity index is 3.96. The molecular weight excluding hydrogens is 294 g/mol. The Hall–Kier alpha value is -0.670. The Morgan fingerprint density at radius 1 is 1.16 bits per heavy atom. The van der Waals surface area contributed by atoms with E-state index in [-0.39, 0.29) is 30.3 Å². The normalized spacial score (nSPS) is 12.6. The number of hydrogen-bond donors (Lipinski definition) is 1. The van der Waals surface area contributed by atoms with Gasteiger partial charge in [-0.1, -0.05) is 13.8 Å². The van der Waals surface area contributed by atoms with Crippen LogP contribution in [0, 0.1) is 5.92 Å². The number of carbonyl (C=O) groups is 1. The third kappa shape index (κ3) is 12.1.